The van der Waals surface area contributed by atoms with E-state index < -0.39 is 0 Å². The lowest BCUT2D eigenvalue weighted by Gasteiger charge is -2.19. The van der Waals surface area contributed by atoms with Crippen LogP contribution in [0.1, 0.15) is 34.3 Å². The number of benzene rings is 2. The molecule has 1 fully saturated rings. The lowest BCUT2D eigenvalue weighted by Crippen LogP contribution is -2.06. The van der Waals surface area contributed by atoms with E-state index in [2.05, 4.69) is 30.7 Å². The molecular weight excluding hydrogens is 239 g/mol. The quantitative estimate of drug-likeness (QED) is 0.694. The summed E-state index contributed by atoms with van der Waals surface area (Å²) in [4.78, 5) is 0. The van der Waals surface area contributed by atoms with Crippen molar-refractivity contribution < 1.29 is 9.13 Å². The Morgan fingerprint density at radius 1 is 1.00 bits per heavy atom. The minimum atomic E-state index is -0.182. The SMILES string of the molecule is Fc1ccc2c(c1)[C@H]1OC[CH][C@@H]1c1ccccc1C2. The summed E-state index contributed by atoms with van der Waals surface area (Å²) in [5, 5.41) is 0. The van der Waals surface area contributed by atoms with Gasteiger partial charge in [0.05, 0.1) is 12.7 Å². The molecule has 0 aromatic heterocycles. The van der Waals surface area contributed by atoms with E-state index in [-0.39, 0.29) is 17.8 Å². The summed E-state index contributed by atoms with van der Waals surface area (Å²) in [6.07, 6.45) is 3.02. The molecule has 19 heavy (non-hydrogen) atoms. The van der Waals surface area contributed by atoms with E-state index in [1.807, 2.05) is 6.07 Å². The highest BCUT2D eigenvalue weighted by Crippen LogP contribution is 2.46. The molecule has 0 spiro atoms. The summed E-state index contributed by atoms with van der Waals surface area (Å²) in [7, 11) is 0. The van der Waals surface area contributed by atoms with E-state index in [4.69, 9.17) is 4.74 Å². The predicted octanol–water partition coefficient (Wildman–Crippen LogP) is 3.79. The van der Waals surface area contributed by atoms with Crippen LogP contribution in [0.3, 0.4) is 0 Å². The molecule has 2 aliphatic rings. The van der Waals surface area contributed by atoms with Crippen molar-refractivity contribution in [1.82, 2.24) is 0 Å². The Bertz CT molecular complexity index is 635. The first-order valence-electron chi connectivity index (χ1n) is 6.64. The molecule has 1 radical (unpaired) electrons. The maximum Gasteiger partial charge on any atom is 0.123 e. The van der Waals surface area contributed by atoms with Crippen LogP contribution in [0.5, 0.6) is 0 Å². The van der Waals surface area contributed by atoms with Crippen LogP contribution in [0.2, 0.25) is 0 Å². The number of hydrogen-bond acceptors (Lipinski definition) is 1. The van der Waals surface area contributed by atoms with Crippen molar-refractivity contribution >= 4 is 0 Å². The zero-order valence-electron chi connectivity index (χ0n) is 10.5. The molecule has 1 aliphatic carbocycles. The summed E-state index contributed by atoms with van der Waals surface area (Å²) < 4.78 is 19.4. The second kappa shape index (κ2) is 4.17. The van der Waals surface area contributed by atoms with E-state index in [1.165, 1.54) is 16.7 Å². The van der Waals surface area contributed by atoms with Gasteiger partial charge < -0.3 is 4.74 Å². The minimum absolute atomic E-state index is 0.0330. The van der Waals surface area contributed by atoms with Crippen LogP contribution in [0.25, 0.3) is 0 Å². The molecule has 1 saturated heterocycles. The minimum Gasteiger partial charge on any atom is -0.373 e. The highest BCUT2D eigenvalue weighted by atomic mass is 19.1. The summed E-state index contributed by atoms with van der Waals surface area (Å²) >= 11 is 0. The van der Waals surface area contributed by atoms with Gasteiger partial charge in [0.1, 0.15) is 5.82 Å². The molecule has 0 N–H and O–H groups in total. The maximum atomic E-state index is 13.5. The average molecular weight is 253 g/mol. The Morgan fingerprint density at radius 2 is 1.84 bits per heavy atom. The van der Waals surface area contributed by atoms with E-state index in [1.54, 1.807) is 12.1 Å². The predicted molar refractivity (Wildman–Crippen MR) is 71.4 cm³/mol. The fraction of sp³-hybridized carbons (Fsp3) is 0.235. The van der Waals surface area contributed by atoms with E-state index in [0.717, 1.165) is 12.0 Å². The molecular formula is C17H14FO. The normalized spacial score (nSPS) is 24.3. The maximum absolute atomic E-state index is 13.5. The van der Waals surface area contributed by atoms with Crippen LogP contribution in [0.4, 0.5) is 4.39 Å². The Labute approximate surface area is 112 Å². The Morgan fingerprint density at radius 3 is 2.79 bits per heavy atom. The van der Waals surface area contributed by atoms with Gasteiger partial charge in [-0.25, -0.2) is 4.39 Å². The van der Waals surface area contributed by atoms with Gasteiger partial charge in [-0.3, -0.25) is 0 Å². The molecule has 1 aliphatic heterocycles. The molecule has 95 valence electrons. The average Bonchev–Trinajstić information content (AvgIpc) is 2.86. The van der Waals surface area contributed by atoms with Crippen LogP contribution in [-0.2, 0) is 11.2 Å². The third-order valence-electron chi connectivity index (χ3n) is 4.16. The van der Waals surface area contributed by atoms with Gasteiger partial charge in [0.15, 0.2) is 0 Å². The van der Waals surface area contributed by atoms with Crippen molar-refractivity contribution in [1.29, 1.82) is 0 Å². The van der Waals surface area contributed by atoms with Crippen LogP contribution in [-0.4, -0.2) is 6.61 Å². The van der Waals surface area contributed by atoms with Crippen LogP contribution in [0, 0.1) is 12.2 Å². The summed E-state index contributed by atoms with van der Waals surface area (Å²) in [5.41, 5.74) is 4.83. The Kier molecular flexibility index (Phi) is 2.46. The molecule has 0 bridgehead atoms. The van der Waals surface area contributed by atoms with Crippen molar-refractivity contribution in [3.05, 3.63) is 77.0 Å². The Balaban J connectivity index is 1.94. The lowest BCUT2D eigenvalue weighted by atomic mass is 9.88. The topological polar surface area (TPSA) is 9.23 Å². The van der Waals surface area contributed by atoms with Gasteiger partial charge >= 0.3 is 0 Å². The zero-order chi connectivity index (χ0) is 12.8. The van der Waals surface area contributed by atoms with E-state index in [0.29, 0.717) is 6.61 Å². The molecule has 0 saturated carbocycles. The third-order valence-corrected chi connectivity index (χ3v) is 4.16. The number of rotatable bonds is 0. The van der Waals surface area contributed by atoms with Gasteiger partial charge in [-0.2, -0.15) is 0 Å². The summed E-state index contributed by atoms with van der Waals surface area (Å²) in [6.45, 7) is 0.639. The largest absolute Gasteiger partial charge is 0.373 e. The third kappa shape index (κ3) is 1.71. The molecule has 2 aromatic carbocycles. The van der Waals surface area contributed by atoms with Crippen LogP contribution in [0.15, 0.2) is 42.5 Å². The van der Waals surface area contributed by atoms with Gasteiger partial charge in [-0.15, -0.1) is 0 Å². The highest BCUT2D eigenvalue weighted by molar-refractivity contribution is 5.46. The lowest BCUT2D eigenvalue weighted by molar-refractivity contribution is 0.105. The second-order valence-corrected chi connectivity index (χ2v) is 5.23. The summed E-state index contributed by atoms with van der Waals surface area (Å²) in [6, 6.07) is 13.5. The van der Waals surface area contributed by atoms with Gasteiger partial charge in [-0.05, 0) is 47.2 Å². The summed E-state index contributed by atoms with van der Waals surface area (Å²) in [5.74, 6) is 0.0678. The van der Waals surface area contributed by atoms with Gasteiger partial charge in [0, 0.05) is 5.92 Å². The smallest absolute Gasteiger partial charge is 0.123 e. The highest BCUT2D eigenvalue weighted by Gasteiger charge is 2.36. The first-order valence-corrected chi connectivity index (χ1v) is 6.64. The molecule has 2 aromatic rings. The van der Waals surface area contributed by atoms with E-state index >= 15 is 0 Å². The van der Waals surface area contributed by atoms with Crippen molar-refractivity contribution in [3.8, 4) is 0 Å². The van der Waals surface area contributed by atoms with Crippen molar-refractivity contribution in [2.24, 2.45) is 0 Å². The number of ether oxygens (including phenoxy) is 1. The first-order chi connectivity index (χ1) is 9.33. The van der Waals surface area contributed by atoms with Crippen molar-refractivity contribution in [3.63, 3.8) is 0 Å². The molecule has 0 amide bonds. The molecule has 4 rings (SSSR count). The van der Waals surface area contributed by atoms with E-state index in [9.17, 15) is 4.39 Å². The monoisotopic (exact) mass is 253 g/mol. The molecule has 1 heterocycles. The van der Waals surface area contributed by atoms with Gasteiger partial charge in [-0.1, -0.05) is 30.3 Å². The van der Waals surface area contributed by atoms with Crippen molar-refractivity contribution in [2.75, 3.05) is 6.61 Å². The number of fused-ring (bicyclic) bond motifs is 5. The standard InChI is InChI=1S/C17H14FO/c18-13-6-5-12-9-11-3-1-2-4-14(11)15-7-8-19-17(15)16(12)10-13/h1-7,10,15,17H,8-9H2/t15-,17+/m1/s1. The van der Waals surface area contributed by atoms with Gasteiger partial charge in [0.25, 0.3) is 0 Å². The van der Waals surface area contributed by atoms with Crippen molar-refractivity contribution in [2.45, 2.75) is 18.4 Å². The fourth-order valence-electron chi connectivity index (χ4n) is 3.28. The molecule has 0 unspecified atom stereocenters. The molecule has 2 heteroatoms. The van der Waals surface area contributed by atoms with Gasteiger partial charge in [0.2, 0.25) is 0 Å². The van der Waals surface area contributed by atoms with Crippen LogP contribution >= 0.6 is 0 Å². The first kappa shape index (κ1) is 11.2. The molecule has 2 atom stereocenters. The molecule has 1 nitrogen and oxygen atoms in total. The number of hydrogen-bond donors (Lipinski definition) is 0. The van der Waals surface area contributed by atoms with Crippen LogP contribution < -0.4 is 0 Å². The fourth-order valence-corrected chi connectivity index (χ4v) is 3.28. The second-order valence-electron chi connectivity index (χ2n) is 5.23. The zero-order valence-corrected chi connectivity index (χ0v) is 10.5. The number of halogens is 1. The Hall–Kier alpha value is -1.67.